The van der Waals surface area contributed by atoms with Crippen molar-refractivity contribution in [1.82, 2.24) is 14.7 Å². The zero-order valence-corrected chi connectivity index (χ0v) is 14.9. The molecular weight excluding hydrogens is 332 g/mol. The number of hydrogen-bond donors (Lipinski definition) is 1. The van der Waals surface area contributed by atoms with Gasteiger partial charge in [-0.2, -0.15) is 5.10 Å². The molecule has 1 aromatic carbocycles. The normalized spacial score (nSPS) is 16.3. The molecule has 7 nitrogen and oxygen atoms in total. The van der Waals surface area contributed by atoms with Crippen LogP contribution in [0.15, 0.2) is 48.8 Å². The van der Waals surface area contributed by atoms with Crippen molar-refractivity contribution in [3.05, 3.63) is 48.8 Å². The van der Waals surface area contributed by atoms with E-state index < -0.39 is 5.54 Å². The van der Waals surface area contributed by atoms with Crippen LogP contribution in [-0.2, 0) is 19.9 Å². The zero-order valence-electron chi connectivity index (χ0n) is 14.9. The van der Waals surface area contributed by atoms with Crippen molar-refractivity contribution in [3.63, 3.8) is 0 Å². The van der Waals surface area contributed by atoms with Gasteiger partial charge in [-0.25, -0.2) is 0 Å². The van der Waals surface area contributed by atoms with Crippen molar-refractivity contribution in [2.45, 2.75) is 25.3 Å². The molecule has 2 amide bonds. The summed E-state index contributed by atoms with van der Waals surface area (Å²) in [4.78, 5) is 27.1. The number of nitrogens with zero attached hydrogens (tertiary/aromatic N) is 3. The maximum absolute atomic E-state index is 13.1. The second-order valence-electron chi connectivity index (χ2n) is 6.32. The number of para-hydroxylation sites is 1. The second kappa shape index (κ2) is 8.14. The average molecular weight is 356 g/mol. The number of carbonyl (C=O) groups is 2. The molecule has 1 saturated heterocycles. The lowest BCUT2D eigenvalue weighted by Crippen LogP contribution is -2.54. The number of carbonyl (C=O) groups excluding carboxylic acids is 2. The minimum atomic E-state index is -0.804. The minimum absolute atomic E-state index is 0.0376. The third-order valence-electron chi connectivity index (χ3n) is 4.77. The first kappa shape index (κ1) is 18.1. The molecule has 0 spiro atoms. The SMILES string of the molecule is CCOCC(=O)N1CCC(C(=O)Nc2ccccc2)(n2cccn2)CC1. The molecule has 0 bridgehead atoms. The van der Waals surface area contributed by atoms with Gasteiger partial charge in [0.25, 0.3) is 5.91 Å². The molecule has 0 unspecified atom stereocenters. The summed E-state index contributed by atoms with van der Waals surface area (Å²) >= 11 is 0. The van der Waals surface area contributed by atoms with Crippen LogP contribution in [0.4, 0.5) is 5.69 Å². The van der Waals surface area contributed by atoms with Gasteiger partial charge in [0.05, 0.1) is 0 Å². The van der Waals surface area contributed by atoms with E-state index in [0.29, 0.717) is 32.5 Å². The quantitative estimate of drug-likeness (QED) is 0.857. The highest BCUT2D eigenvalue weighted by molar-refractivity contribution is 5.96. The Hall–Kier alpha value is -2.67. The fraction of sp³-hybridized carbons (Fsp3) is 0.421. The molecule has 3 rings (SSSR count). The molecule has 1 aliphatic heterocycles. The number of piperidine rings is 1. The van der Waals surface area contributed by atoms with E-state index in [1.807, 2.05) is 49.5 Å². The van der Waals surface area contributed by atoms with Crippen LogP contribution < -0.4 is 5.32 Å². The first-order valence-electron chi connectivity index (χ1n) is 8.88. The number of benzene rings is 1. The number of amides is 2. The van der Waals surface area contributed by atoms with Crippen LogP contribution in [0.1, 0.15) is 19.8 Å². The Morgan fingerprint density at radius 3 is 2.54 bits per heavy atom. The highest BCUT2D eigenvalue weighted by atomic mass is 16.5. The molecule has 1 aliphatic rings. The molecule has 138 valence electrons. The molecule has 1 aromatic heterocycles. The number of aromatic nitrogens is 2. The molecule has 26 heavy (non-hydrogen) atoms. The maximum atomic E-state index is 13.1. The maximum Gasteiger partial charge on any atom is 0.252 e. The molecule has 0 saturated carbocycles. The van der Waals surface area contributed by atoms with Crippen LogP contribution in [0.25, 0.3) is 0 Å². The molecule has 0 radical (unpaired) electrons. The summed E-state index contributed by atoms with van der Waals surface area (Å²) in [5.74, 6) is -0.145. The van der Waals surface area contributed by atoms with Gasteiger partial charge < -0.3 is 15.0 Å². The van der Waals surface area contributed by atoms with Crippen LogP contribution >= 0.6 is 0 Å². The minimum Gasteiger partial charge on any atom is -0.372 e. The summed E-state index contributed by atoms with van der Waals surface area (Å²) in [6.07, 6.45) is 4.49. The van der Waals surface area contributed by atoms with Crippen molar-refractivity contribution in [2.75, 3.05) is 31.6 Å². The lowest BCUT2D eigenvalue weighted by molar-refractivity contribution is -0.141. The van der Waals surface area contributed by atoms with Crippen LogP contribution in [0.3, 0.4) is 0 Å². The van der Waals surface area contributed by atoms with E-state index >= 15 is 0 Å². The van der Waals surface area contributed by atoms with Crippen LogP contribution in [-0.4, -0.2) is 52.8 Å². The monoisotopic (exact) mass is 356 g/mol. The topological polar surface area (TPSA) is 76.5 Å². The third-order valence-corrected chi connectivity index (χ3v) is 4.77. The number of anilines is 1. The summed E-state index contributed by atoms with van der Waals surface area (Å²) < 4.78 is 6.93. The highest BCUT2D eigenvalue weighted by Crippen LogP contribution is 2.31. The smallest absolute Gasteiger partial charge is 0.252 e. The predicted molar refractivity (Wildman–Crippen MR) is 97.6 cm³/mol. The van der Waals surface area contributed by atoms with Crippen molar-refractivity contribution in [1.29, 1.82) is 0 Å². The van der Waals surface area contributed by atoms with E-state index in [1.165, 1.54) is 0 Å². The number of ether oxygens (including phenoxy) is 1. The van der Waals surface area contributed by atoms with Gasteiger partial charge in [0, 0.05) is 37.8 Å². The Morgan fingerprint density at radius 1 is 1.19 bits per heavy atom. The van der Waals surface area contributed by atoms with Crippen LogP contribution in [0.5, 0.6) is 0 Å². The van der Waals surface area contributed by atoms with Gasteiger partial charge >= 0.3 is 0 Å². The zero-order chi connectivity index (χ0) is 18.4. The molecule has 2 aromatic rings. The van der Waals surface area contributed by atoms with Gasteiger partial charge in [-0.05, 0) is 38.0 Å². The molecule has 0 atom stereocenters. The summed E-state index contributed by atoms with van der Waals surface area (Å²) in [6, 6.07) is 11.2. The standard InChI is InChI=1S/C19H24N4O3/c1-2-26-15-17(24)22-13-9-19(10-14-22,23-12-6-11-20-23)18(25)21-16-7-4-3-5-8-16/h3-8,11-12H,2,9-10,13-15H2,1H3,(H,21,25). The fourth-order valence-electron chi connectivity index (χ4n) is 3.26. The molecule has 1 fully saturated rings. The van der Waals surface area contributed by atoms with E-state index in [9.17, 15) is 9.59 Å². The molecule has 0 aliphatic carbocycles. The summed E-state index contributed by atoms with van der Waals surface area (Å²) in [5.41, 5.74) is -0.0549. The van der Waals surface area contributed by atoms with Crippen LogP contribution in [0.2, 0.25) is 0 Å². The summed E-state index contributed by atoms with van der Waals surface area (Å²) in [6.45, 7) is 3.44. The summed E-state index contributed by atoms with van der Waals surface area (Å²) in [7, 11) is 0. The van der Waals surface area contributed by atoms with Crippen LogP contribution in [0, 0.1) is 0 Å². The van der Waals surface area contributed by atoms with E-state index in [4.69, 9.17) is 4.74 Å². The van der Waals surface area contributed by atoms with Crippen molar-refractivity contribution >= 4 is 17.5 Å². The van der Waals surface area contributed by atoms with Gasteiger partial charge in [-0.15, -0.1) is 0 Å². The van der Waals surface area contributed by atoms with E-state index in [1.54, 1.807) is 15.8 Å². The van der Waals surface area contributed by atoms with Gasteiger partial charge in [0.2, 0.25) is 5.91 Å². The number of hydrogen-bond acceptors (Lipinski definition) is 4. The van der Waals surface area contributed by atoms with E-state index in [2.05, 4.69) is 10.4 Å². The number of nitrogens with one attached hydrogen (secondary N) is 1. The number of likely N-dealkylation sites (tertiary alicyclic amines) is 1. The second-order valence-corrected chi connectivity index (χ2v) is 6.32. The van der Waals surface area contributed by atoms with Crippen molar-refractivity contribution in [3.8, 4) is 0 Å². The highest BCUT2D eigenvalue weighted by Gasteiger charge is 2.44. The Bertz CT molecular complexity index is 723. The molecule has 2 heterocycles. The molecular formula is C19H24N4O3. The van der Waals surface area contributed by atoms with Gasteiger partial charge in [-0.1, -0.05) is 18.2 Å². The largest absolute Gasteiger partial charge is 0.372 e. The lowest BCUT2D eigenvalue weighted by atomic mass is 9.86. The first-order valence-corrected chi connectivity index (χ1v) is 8.88. The lowest BCUT2D eigenvalue weighted by Gasteiger charge is -2.40. The third kappa shape index (κ3) is 3.77. The Morgan fingerprint density at radius 2 is 1.92 bits per heavy atom. The van der Waals surface area contributed by atoms with Crippen molar-refractivity contribution < 1.29 is 14.3 Å². The first-order chi connectivity index (χ1) is 12.7. The Balaban J connectivity index is 1.75. The van der Waals surface area contributed by atoms with Gasteiger partial charge in [0.1, 0.15) is 12.1 Å². The van der Waals surface area contributed by atoms with E-state index in [-0.39, 0.29) is 18.4 Å². The molecule has 7 heteroatoms. The van der Waals surface area contributed by atoms with Gasteiger partial charge in [0.15, 0.2) is 0 Å². The Kier molecular flexibility index (Phi) is 5.68. The molecule has 1 N–H and O–H groups in total. The summed E-state index contributed by atoms with van der Waals surface area (Å²) in [5, 5.41) is 7.31. The fourth-order valence-corrected chi connectivity index (χ4v) is 3.26. The number of rotatable bonds is 6. The average Bonchev–Trinajstić information content (AvgIpc) is 3.22. The Labute approximate surface area is 152 Å². The van der Waals surface area contributed by atoms with Gasteiger partial charge in [-0.3, -0.25) is 14.3 Å². The predicted octanol–water partition coefficient (Wildman–Crippen LogP) is 1.88. The van der Waals surface area contributed by atoms with E-state index in [0.717, 1.165) is 5.69 Å². The van der Waals surface area contributed by atoms with Crippen molar-refractivity contribution in [2.24, 2.45) is 0 Å².